The van der Waals surface area contributed by atoms with E-state index in [0.717, 1.165) is 32.6 Å². The fourth-order valence-corrected chi connectivity index (χ4v) is 1.98. The third-order valence-corrected chi connectivity index (χ3v) is 3.52. The molecule has 0 saturated carbocycles. The van der Waals surface area contributed by atoms with Crippen molar-refractivity contribution < 1.29 is 0 Å². The lowest BCUT2D eigenvalue weighted by Gasteiger charge is -2.20. The Morgan fingerprint density at radius 3 is 2.63 bits per heavy atom. The van der Waals surface area contributed by atoms with Gasteiger partial charge in [-0.1, -0.05) is 27.7 Å². The van der Waals surface area contributed by atoms with Gasteiger partial charge in [0.25, 0.3) is 0 Å². The summed E-state index contributed by atoms with van der Waals surface area (Å²) in [4.78, 5) is 2.43. The van der Waals surface area contributed by atoms with Gasteiger partial charge in [0.05, 0.1) is 5.69 Å². The Balaban J connectivity index is 2.44. The number of nitrogens with one attached hydrogen (secondary N) is 1. The molecule has 1 unspecified atom stereocenters. The molecule has 4 nitrogen and oxygen atoms in total. The first-order chi connectivity index (χ1) is 9.06. The van der Waals surface area contributed by atoms with Crippen molar-refractivity contribution in [3.05, 3.63) is 18.0 Å². The van der Waals surface area contributed by atoms with Crippen LogP contribution < -0.4 is 5.32 Å². The Bertz CT molecular complexity index is 346. The van der Waals surface area contributed by atoms with Crippen molar-refractivity contribution in [1.29, 1.82) is 0 Å². The summed E-state index contributed by atoms with van der Waals surface area (Å²) in [7, 11) is 0. The number of aromatic nitrogens is 2. The fourth-order valence-electron chi connectivity index (χ4n) is 1.98. The van der Waals surface area contributed by atoms with E-state index in [-0.39, 0.29) is 0 Å². The molecule has 1 atom stereocenters. The lowest BCUT2D eigenvalue weighted by molar-refractivity contribution is 0.271. The zero-order chi connectivity index (χ0) is 14.3. The third-order valence-electron chi connectivity index (χ3n) is 3.52. The highest BCUT2D eigenvalue weighted by molar-refractivity contribution is 4.99. The second-order valence-corrected chi connectivity index (χ2v) is 5.52. The maximum Gasteiger partial charge on any atom is 0.0764 e. The molecule has 1 aromatic heterocycles. The Kier molecular flexibility index (Phi) is 7.10. The fraction of sp³-hybridized carbons (Fsp3) is 0.800. The summed E-state index contributed by atoms with van der Waals surface area (Å²) in [6, 6.07) is 3.19. The van der Waals surface area contributed by atoms with Crippen LogP contribution in [0.5, 0.6) is 0 Å². The minimum atomic E-state index is 0.492. The maximum absolute atomic E-state index is 4.67. The summed E-state index contributed by atoms with van der Waals surface area (Å²) in [6.07, 6.45) is 3.22. The summed E-state index contributed by atoms with van der Waals surface area (Å²) in [5.41, 5.74) is 1.17. The highest BCUT2D eigenvalue weighted by Crippen LogP contribution is 2.10. The van der Waals surface area contributed by atoms with Gasteiger partial charge < -0.3 is 5.32 Å². The van der Waals surface area contributed by atoms with Gasteiger partial charge >= 0.3 is 0 Å². The van der Waals surface area contributed by atoms with Crippen LogP contribution in [0, 0.1) is 0 Å². The van der Waals surface area contributed by atoms with Crippen molar-refractivity contribution in [3.8, 4) is 0 Å². The van der Waals surface area contributed by atoms with Crippen LogP contribution in [-0.2, 0) is 6.54 Å². The zero-order valence-corrected chi connectivity index (χ0v) is 13.2. The van der Waals surface area contributed by atoms with Gasteiger partial charge in [-0.2, -0.15) is 5.10 Å². The van der Waals surface area contributed by atoms with E-state index in [1.807, 2.05) is 0 Å². The summed E-state index contributed by atoms with van der Waals surface area (Å²) in [6.45, 7) is 15.1. The largest absolute Gasteiger partial charge is 0.313 e. The van der Waals surface area contributed by atoms with Gasteiger partial charge in [0.1, 0.15) is 0 Å². The molecular formula is C15H30N4. The minimum Gasteiger partial charge on any atom is -0.313 e. The molecule has 1 aromatic rings. The highest BCUT2D eigenvalue weighted by atomic mass is 15.3. The first-order valence-electron chi connectivity index (χ1n) is 7.56. The van der Waals surface area contributed by atoms with E-state index in [4.69, 9.17) is 0 Å². The summed E-state index contributed by atoms with van der Waals surface area (Å²) < 4.78 is 2.08. The molecule has 1 N–H and O–H groups in total. The number of hydrogen-bond donors (Lipinski definition) is 1. The predicted octanol–water partition coefficient (Wildman–Crippen LogP) is 2.67. The van der Waals surface area contributed by atoms with Gasteiger partial charge in [0.2, 0.25) is 0 Å². The van der Waals surface area contributed by atoms with Crippen LogP contribution in [0.25, 0.3) is 0 Å². The second kappa shape index (κ2) is 8.33. The Hall–Kier alpha value is -0.870. The molecule has 0 aliphatic heterocycles. The van der Waals surface area contributed by atoms with Gasteiger partial charge in [-0.15, -0.1) is 0 Å². The van der Waals surface area contributed by atoms with Gasteiger partial charge in [-0.25, -0.2) is 0 Å². The van der Waals surface area contributed by atoms with E-state index in [1.165, 1.54) is 5.69 Å². The predicted molar refractivity (Wildman–Crippen MR) is 81.3 cm³/mol. The molecule has 0 aliphatic carbocycles. The van der Waals surface area contributed by atoms with Crippen LogP contribution in [0.3, 0.4) is 0 Å². The zero-order valence-electron chi connectivity index (χ0n) is 13.2. The molecule has 0 bridgehead atoms. The first kappa shape index (κ1) is 16.2. The Labute approximate surface area is 118 Å². The molecule has 0 amide bonds. The topological polar surface area (TPSA) is 33.1 Å². The van der Waals surface area contributed by atoms with Crippen LogP contribution in [0.4, 0.5) is 0 Å². The number of rotatable bonds is 9. The Morgan fingerprint density at radius 2 is 2.05 bits per heavy atom. The molecule has 0 radical (unpaired) electrons. The minimum absolute atomic E-state index is 0.492. The van der Waals surface area contributed by atoms with Crippen LogP contribution in [0.15, 0.2) is 12.3 Å². The van der Waals surface area contributed by atoms with Gasteiger partial charge in [-0.3, -0.25) is 9.58 Å². The standard InChI is InChI=1S/C15H30N4/c1-6-14(5)19-10-8-15(17-19)12-18(7-2)11-9-16-13(3)4/h8,10,13-14,16H,6-7,9,11-12H2,1-5H3. The number of nitrogens with zero attached hydrogens (tertiary/aromatic N) is 3. The van der Waals surface area contributed by atoms with E-state index in [0.29, 0.717) is 12.1 Å². The SMILES string of the molecule is CCC(C)n1ccc(CN(CC)CCNC(C)C)n1. The maximum atomic E-state index is 4.67. The van der Waals surface area contributed by atoms with Gasteiger partial charge in [0.15, 0.2) is 0 Å². The third kappa shape index (κ3) is 5.74. The molecular weight excluding hydrogens is 236 g/mol. The summed E-state index contributed by atoms with van der Waals surface area (Å²) in [5, 5.41) is 8.13. The van der Waals surface area contributed by atoms with Crippen molar-refractivity contribution in [2.24, 2.45) is 0 Å². The molecule has 0 saturated heterocycles. The molecule has 19 heavy (non-hydrogen) atoms. The average molecular weight is 266 g/mol. The monoisotopic (exact) mass is 266 g/mol. The molecule has 0 aromatic carbocycles. The first-order valence-corrected chi connectivity index (χ1v) is 7.56. The summed E-state index contributed by atoms with van der Waals surface area (Å²) in [5.74, 6) is 0. The van der Waals surface area contributed by atoms with E-state index in [9.17, 15) is 0 Å². The highest BCUT2D eigenvalue weighted by Gasteiger charge is 2.08. The summed E-state index contributed by atoms with van der Waals surface area (Å²) >= 11 is 0. The van der Waals surface area contributed by atoms with Crippen LogP contribution >= 0.6 is 0 Å². The lowest BCUT2D eigenvalue weighted by Crippen LogP contribution is -2.34. The number of likely N-dealkylation sites (N-methyl/N-ethyl adjacent to an activating group) is 1. The molecule has 1 rings (SSSR count). The molecule has 1 heterocycles. The second-order valence-electron chi connectivity index (χ2n) is 5.52. The van der Waals surface area contributed by atoms with Crippen molar-refractivity contribution in [1.82, 2.24) is 20.0 Å². The molecule has 4 heteroatoms. The molecule has 0 spiro atoms. The Morgan fingerprint density at radius 1 is 1.32 bits per heavy atom. The smallest absolute Gasteiger partial charge is 0.0764 e. The normalized spacial score (nSPS) is 13.4. The van der Waals surface area contributed by atoms with Crippen LogP contribution in [0.1, 0.15) is 52.8 Å². The van der Waals surface area contributed by atoms with E-state index < -0.39 is 0 Å². The van der Waals surface area contributed by atoms with Crippen molar-refractivity contribution >= 4 is 0 Å². The molecule has 0 fully saturated rings. The van der Waals surface area contributed by atoms with Crippen molar-refractivity contribution in [3.63, 3.8) is 0 Å². The lowest BCUT2D eigenvalue weighted by atomic mass is 10.3. The van der Waals surface area contributed by atoms with Crippen molar-refractivity contribution in [2.75, 3.05) is 19.6 Å². The van der Waals surface area contributed by atoms with Gasteiger partial charge in [-0.05, 0) is 26.0 Å². The van der Waals surface area contributed by atoms with E-state index >= 15 is 0 Å². The molecule has 110 valence electrons. The van der Waals surface area contributed by atoms with E-state index in [2.05, 4.69) is 66.9 Å². The van der Waals surface area contributed by atoms with Crippen LogP contribution in [-0.4, -0.2) is 40.4 Å². The average Bonchev–Trinajstić information content (AvgIpc) is 2.84. The van der Waals surface area contributed by atoms with Crippen molar-refractivity contribution in [2.45, 2.75) is 59.7 Å². The van der Waals surface area contributed by atoms with E-state index in [1.54, 1.807) is 0 Å². The van der Waals surface area contributed by atoms with Crippen LogP contribution in [0.2, 0.25) is 0 Å². The molecule has 0 aliphatic rings. The quantitative estimate of drug-likeness (QED) is 0.746. The number of hydrogen-bond acceptors (Lipinski definition) is 3. The van der Waals surface area contributed by atoms with Gasteiger partial charge in [0, 0.05) is 37.9 Å².